The molecule has 9 heteroatoms. The molecule has 3 rings (SSSR count). The van der Waals surface area contributed by atoms with Crippen LogP contribution in [0.15, 0.2) is 83.8 Å². The van der Waals surface area contributed by atoms with Crippen LogP contribution in [0.3, 0.4) is 0 Å². The molecular weight excluding hydrogens is 526 g/mol. The van der Waals surface area contributed by atoms with Crippen LogP contribution in [0.5, 0.6) is 5.75 Å². The average molecular weight is 566 g/mol. The number of para-hydroxylation sites is 1. The van der Waals surface area contributed by atoms with Crippen molar-refractivity contribution in [1.82, 2.24) is 10.2 Å². The number of hydrogen-bond donors (Lipinski definition) is 1. The normalized spacial score (nSPS) is 12.1. The number of carbonyl (C=O) groups excluding carboxylic acids is 2. The molecular formula is C31H39N3O5S. The molecule has 1 N–H and O–H groups in total. The number of hydrogen-bond acceptors (Lipinski definition) is 5. The topological polar surface area (TPSA) is 96.0 Å². The fraction of sp³-hybridized carbons (Fsp3) is 0.355. The van der Waals surface area contributed by atoms with Crippen molar-refractivity contribution < 1.29 is 22.7 Å². The van der Waals surface area contributed by atoms with E-state index < -0.39 is 28.5 Å². The first-order chi connectivity index (χ1) is 19.1. The molecule has 0 spiro atoms. The zero-order valence-corrected chi connectivity index (χ0v) is 24.6. The van der Waals surface area contributed by atoms with Gasteiger partial charge in [-0.1, -0.05) is 55.0 Å². The molecule has 3 aromatic rings. The summed E-state index contributed by atoms with van der Waals surface area (Å²) in [6.07, 6.45) is 0.368. The van der Waals surface area contributed by atoms with Crippen LogP contribution in [0.25, 0.3) is 0 Å². The molecule has 0 bridgehead atoms. The van der Waals surface area contributed by atoms with Gasteiger partial charge in [0.1, 0.15) is 18.3 Å². The zero-order chi connectivity index (χ0) is 29.3. The van der Waals surface area contributed by atoms with Gasteiger partial charge in [0, 0.05) is 12.6 Å². The molecule has 0 aliphatic rings. The maximum absolute atomic E-state index is 14.0. The maximum Gasteiger partial charge on any atom is 0.264 e. The second-order valence-corrected chi connectivity index (χ2v) is 11.7. The van der Waals surface area contributed by atoms with E-state index in [-0.39, 0.29) is 23.4 Å². The van der Waals surface area contributed by atoms with E-state index in [9.17, 15) is 18.0 Å². The quantitative estimate of drug-likeness (QED) is 0.317. The lowest BCUT2D eigenvalue weighted by atomic mass is 10.1. The number of ether oxygens (including phenoxy) is 1. The summed E-state index contributed by atoms with van der Waals surface area (Å²) in [5.74, 6) is -0.208. The number of aryl methyl sites for hydroxylation is 1. The van der Waals surface area contributed by atoms with Gasteiger partial charge in [0.2, 0.25) is 11.8 Å². The van der Waals surface area contributed by atoms with Crippen LogP contribution in [0, 0.1) is 6.92 Å². The number of carbonyl (C=O) groups is 2. The highest BCUT2D eigenvalue weighted by Gasteiger charge is 2.33. The lowest BCUT2D eigenvalue weighted by molar-refractivity contribution is -0.140. The zero-order valence-electron chi connectivity index (χ0n) is 23.8. The van der Waals surface area contributed by atoms with Crippen LogP contribution in [0.2, 0.25) is 0 Å². The molecule has 0 radical (unpaired) electrons. The molecule has 0 saturated carbocycles. The van der Waals surface area contributed by atoms with E-state index in [0.717, 1.165) is 15.4 Å². The fourth-order valence-corrected chi connectivity index (χ4v) is 5.85. The van der Waals surface area contributed by atoms with Gasteiger partial charge in [-0.05, 0) is 76.1 Å². The Bertz CT molecular complexity index is 1380. The molecule has 0 unspecified atom stereocenters. The Labute approximate surface area is 238 Å². The van der Waals surface area contributed by atoms with E-state index in [0.29, 0.717) is 24.5 Å². The second-order valence-electron chi connectivity index (χ2n) is 9.85. The lowest BCUT2D eigenvalue weighted by Gasteiger charge is -2.33. The van der Waals surface area contributed by atoms with Crippen LogP contribution in [0.1, 0.15) is 45.2 Å². The number of nitrogens with zero attached hydrogens (tertiary/aromatic N) is 2. The summed E-state index contributed by atoms with van der Waals surface area (Å²) in [5, 5.41) is 2.91. The van der Waals surface area contributed by atoms with Gasteiger partial charge in [-0.15, -0.1) is 0 Å². The van der Waals surface area contributed by atoms with Crippen LogP contribution >= 0.6 is 0 Å². The van der Waals surface area contributed by atoms with Crippen molar-refractivity contribution in [3.05, 3.63) is 90.0 Å². The van der Waals surface area contributed by atoms with Gasteiger partial charge in [0.25, 0.3) is 10.0 Å². The first kappa shape index (κ1) is 30.7. The van der Waals surface area contributed by atoms with Gasteiger partial charge in [0.05, 0.1) is 17.2 Å². The molecule has 40 heavy (non-hydrogen) atoms. The molecule has 2 amide bonds. The van der Waals surface area contributed by atoms with E-state index in [4.69, 9.17) is 4.74 Å². The maximum atomic E-state index is 14.0. The third-order valence-electron chi connectivity index (χ3n) is 6.30. The minimum Gasteiger partial charge on any atom is -0.494 e. The Morgan fingerprint density at radius 2 is 1.60 bits per heavy atom. The highest BCUT2D eigenvalue weighted by Crippen LogP contribution is 2.26. The molecule has 0 aliphatic carbocycles. The van der Waals surface area contributed by atoms with Crippen molar-refractivity contribution in [2.45, 2.75) is 64.6 Å². The van der Waals surface area contributed by atoms with Crippen LogP contribution in [0.4, 0.5) is 5.69 Å². The number of nitrogens with one attached hydrogen (secondary N) is 1. The number of rotatable bonds is 13. The van der Waals surface area contributed by atoms with Crippen LogP contribution < -0.4 is 14.4 Å². The minimum atomic E-state index is -4.14. The lowest BCUT2D eigenvalue weighted by Crippen LogP contribution is -2.53. The molecule has 0 fully saturated rings. The average Bonchev–Trinajstić information content (AvgIpc) is 2.92. The van der Waals surface area contributed by atoms with E-state index >= 15 is 0 Å². The summed E-state index contributed by atoms with van der Waals surface area (Å²) in [6, 6.07) is 21.4. The molecule has 214 valence electrons. The largest absolute Gasteiger partial charge is 0.494 e. The van der Waals surface area contributed by atoms with Crippen LogP contribution in [-0.2, 0) is 26.2 Å². The van der Waals surface area contributed by atoms with E-state index in [1.54, 1.807) is 42.5 Å². The Hall–Kier alpha value is -3.85. The monoisotopic (exact) mass is 565 g/mol. The van der Waals surface area contributed by atoms with Gasteiger partial charge in [-0.2, -0.15) is 0 Å². The molecule has 0 aromatic heterocycles. The Kier molecular flexibility index (Phi) is 10.7. The fourth-order valence-electron chi connectivity index (χ4n) is 4.43. The van der Waals surface area contributed by atoms with Gasteiger partial charge in [0.15, 0.2) is 0 Å². The third kappa shape index (κ3) is 7.85. The van der Waals surface area contributed by atoms with Crippen molar-refractivity contribution >= 4 is 27.5 Å². The highest BCUT2D eigenvalue weighted by atomic mass is 32.2. The smallest absolute Gasteiger partial charge is 0.264 e. The summed E-state index contributed by atoms with van der Waals surface area (Å²) in [4.78, 5) is 28.8. The van der Waals surface area contributed by atoms with Gasteiger partial charge < -0.3 is 15.0 Å². The number of anilines is 1. The standard InChI is InChI=1S/C31H39N3O5S/c1-6-29(31(36)32-23(3)4)33(21-25-13-11-12-24(5)20-25)30(35)22-34(26-14-9-8-10-15-26)40(37,38)28-18-16-27(17-19-28)39-7-2/h8-20,23,29H,6-7,21-22H2,1-5H3,(H,32,36)/t29-/m0/s1. The first-order valence-corrected chi connectivity index (χ1v) is 15.0. The Morgan fingerprint density at radius 3 is 2.17 bits per heavy atom. The molecule has 0 heterocycles. The van der Waals surface area contributed by atoms with Crippen molar-refractivity contribution in [3.63, 3.8) is 0 Å². The van der Waals surface area contributed by atoms with Gasteiger partial charge in [-0.3, -0.25) is 13.9 Å². The molecule has 1 atom stereocenters. The number of sulfonamides is 1. The second kappa shape index (κ2) is 14.0. The van der Waals surface area contributed by atoms with E-state index in [1.807, 2.05) is 58.9 Å². The van der Waals surface area contributed by atoms with Gasteiger partial charge >= 0.3 is 0 Å². The number of benzene rings is 3. The molecule has 0 saturated heterocycles. The van der Waals surface area contributed by atoms with Gasteiger partial charge in [-0.25, -0.2) is 8.42 Å². The summed E-state index contributed by atoms with van der Waals surface area (Å²) < 4.78 is 34.4. The summed E-state index contributed by atoms with van der Waals surface area (Å²) in [5.41, 5.74) is 2.22. The summed E-state index contributed by atoms with van der Waals surface area (Å²) in [6.45, 7) is 9.51. The summed E-state index contributed by atoms with van der Waals surface area (Å²) in [7, 11) is -4.14. The SMILES string of the molecule is CCOc1ccc(S(=O)(=O)N(CC(=O)N(Cc2cccc(C)c2)[C@@H](CC)C(=O)NC(C)C)c2ccccc2)cc1. The molecule has 3 aromatic carbocycles. The summed E-state index contributed by atoms with van der Waals surface area (Å²) >= 11 is 0. The molecule has 0 aliphatic heterocycles. The van der Waals surface area contributed by atoms with Crippen molar-refractivity contribution in [2.24, 2.45) is 0 Å². The molecule has 8 nitrogen and oxygen atoms in total. The highest BCUT2D eigenvalue weighted by molar-refractivity contribution is 7.92. The predicted molar refractivity (Wildman–Crippen MR) is 158 cm³/mol. The van der Waals surface area contributed by atoms with E-state index in [2.05, 4.69) is 5.32 Å². The Morgan fingerprint density at radius 1 is 0.925 bits per heavy atom. The number of amides is 2. The van der Waals surface area contributed by atoms with Crippen molar-refractivity contribution in [2.75, 3.05) is 17.5 Å². The first-order valence-electron chi connectivity index (χ1n) is 13.5. The third-order valence-corrected chi connectivity index (χ3v) is 8.09. The van der Waals surface area contributed by atoms with Crippen molar-refractivity contribution in [1.29, 1.82) is 0 Å². The van der Waals surface area contributed by atoms with E-state index in [1.165, 1.54) is 17.0 Å². The van der Waals surface area contributed by atoms with Crippen molar-refractivity contribution in [3.8, 4) is 5.75 Å². The Balaban J connectivity index is 2.03. The van der Waals surface area contributed by atoms with Crippen LogP contribution in [-0.4, -0.2) is 50.4 Å². The predicted octanol–water partition coefficient (Wildman–Crippen LogP) is 4.92. The minimum absolute atomic E-state index is 0.0300.